The maximum Gasteiger partial charge on any atom is 0.233 e. The first-order valence-corrected chi connectivity index (χ1v) is 12.1. The molecule has 164 valence electrons. The van der Waals surface area contributed by atoms with Crippen molar-refractivity contribution < 1.29 is 4.79 Å². The monoisotopic (exact) mass is 450 g/mol. The molecule has 5 rings (SSSR count). The van der Waals surface area contributed by atoms with Gasteiger partial charge in [-0.05, 0) is 39.4 Å². The van der Waals surface area contributed by atoms with Crippen LogP contribution in [0.15, 0.2) is 91.0 Å². The summed E-state index contributed by atoms with van der Waals surface area (Å²) in [5, 5.41) is 3.03. The fourth-order valence-corrected chi connectivity index (χ4v) is 5.29. The Morgan fingerprint density at radius 2 is 1.61 bits per heavy atom. The SMILES string of the molecule is CC(C)c1cccc2sc(N(Cc3ccccc3)C(=O)Cc3cccc4ccccc34)nc12. The molecule has 0 aliphatic rings. The van der Waals surface area contributed by atoms with Crippen molar-refractivity contribution in [3.8, 4) is 0 Å². The van der Waals surface area contributed by atoms with Gasteiger partial charge in [0.2, 0.25) is 5.91 Å². The highest BCUT2D eigenvalue weighted by atomic mass is 32.1. The van der Waals surface area contributed by atoms with Crippen LogP contribution in [0.5, 0.6) is 0 Å². The lowest BCUT2D eigenvalue weighted by Crippen LogP contribution is -2.31. The predicted octanol–water partition coefficient (Wildman–Crippen LogP) is 7.35. The number of anilines is 1. The van der Waals surface area contributed by atoms with E-state index in [-0.39, 0.29) is 5.91 Å². The van der Waals surface area contributed by atoms with Crippen molar-refractivity contribution in [2.24, 2.45) is 0 Å². The molecule has 0 atom stereocenters. The van der Waals surface area contributed by atoms with Gasteiger partial charge in [0.15, 0.2) is 5.13 Å². The number of aromatic nitrogens is 1. The topological polar surface area (TPSA) is 33.2 Å². The minimum Gasteiger partial charge on any atom is -0.283 e. The van der Waals surface area contributed by atoms with Gasteiger partial charge in [-0.1, -0.05) is 110 Å². The van der Waals surface area contributed by atoms with E-state index >= 15 is 0 Å². The lowest BCUT2D eigenvalue weighted by atomic mass is 10.0. The number of rotatable bonds is 6. The molecular formula is C29H26N2OS. The first-order chi connectivity index (χ1) is 16.1. The average Bonchev–Trinajstić information content (AvgIpc) is 3.27. The van der Waals surface area contributed by atoms with Gasteiger partial charge < -0.3 is 0 Å². The number of para-hydroxylation sites is 1. The molecule has 4 aromatic carbocycles. The third-order valence-electron chi connectivity index (χ3n) is 6.00. The van der Waals surface area contributed by atoms with Crippen LogP contribution in [-0.4, -0.2) is 10.9 Å². The summed E-state index contributed by atoms with van der Waals surface area (Å²) < 4.78 is 1.12. The van der Waals surface area contributed by atoms with Gasteiger partial charge in [0.1, 0.15) is 0 Å². The zero-order valence-corrected chi connectivity index (χ0v) is 19.7. The summed E-state index contributed by atoms with van der Waals surface area (Å²) in [5.41, 5.74) is 4.35. The first-order valence-electron chi connectivity index (χ1n) is 11.3. The largest absolute Gasteiger partial charge is 0.283 e. The fraction of sp³-hybridized carbons (Fsp3) is 0.172. The number of amides is 1. The molecule has 0 aliphatic carbocycles. The van der Waals surface area contributed by atoms with E-state index in [0.29, 0.717) is 18.9 Å². The molecule has 0 N–H and O–H groups in total. The number of hydrogen-bond donors (Lipinski definition) is 0. The first kappa shape index (κ1) is 21.4. The predicted molar refractivity (Wildman–Crippen MR) is 139 cm³/mol. The van der Waals surface area contributed by atoms with E-state index in [1.54, 1.807) is 11.3 Å². The lowest BCUT2D eigenvalue weighted by Gasteiger charge is -2.20. The summed E-state index contributed by atoms with van der Waals surface area (Å²) in [6.45, 7) is 4.86. The highest BCUT2D eigenvalue weighted by molar-refractivity contribution is 7.22. The molecule has 0 aliphatic heterocycles. The lowest BCUT2D eigenvalue weighted by molar-refractivity contribution is -0.118. The Morgan fingerprint density at radius 3 is 2.42 bits per heavy atom. The Morgan fingerprint density at radius 1 is 0.879 bits per heavy atom. The van der Waals surface area contributed by atoms with E-state index in [2.05, 4.69) is 68.4 Å². The van der Waals surface area contributed by atoms with E-state index in [1.165, 1.54) is 5.56 Å². The number of nitrogens with zero attached hydrogens (tertiary/aromatic N) is 2. The summed E-state index contributed by atoms with van der Waals surface area (Å²) in [6, 6.07) is 30.9. The molecule has 4 heteroatoms. The second kappa shape index (κ2) is 9.16. The molecule has 0 saturated heterocycles. The second-order valence-corrected chi connectivity index (χ2v) is 9.63. The summed E-state index contributed by atoms with van der Waals surface area (Å²) in [7, 11) is 0. The van der Waals surface area contributed by atoms with Crippen molar-refractivity contribution in [3.05, 3.63) is 108 Å². The quantitative estimate of drug-likeness (QED) is 0.271. The minimum absolute atomic E-state index is 0.0559. The van der Waals surface area contributed by atoms with E-state index in [1.807, 2.05) is 41.3 Å². The molecule has 0 unspecified atom stereocenters. The molecule has 3 nitrogen and oxygen atoms in total. The summed E-state index contributed by atoms with van der Waals surface area (Å²) in [4.78, 5) is 20.6. The average molecular weight is 451 g/mol. The Bertz CT molecular complexity index is 1420. The van der Waals surface area contributed by atoms with Crippen molar-refractivity contribution in [1.29, 1.82) is 0 Å². The van der Waals surface area contributed by atoms with Gasteiger partial charge >= 0.3 is 0 Å². The molecule has 0 spiro atoms. The molecule has 33 heavy (non-hydrogen) atoms. The Labute approximate surface area is 198 Å². The molecular weight excluding hydrogens is 424 g/mol. The molecule has 0 bridgehead atoms. The van der Waals surface area contributed by atoms with E-state index < -0.39 is 0 Å². The van der Waals surface area contributed by atoms with Crippen LogP contribution in [0.2, 0.25) is 0 Å². The number of thiazole rings is 1. The van der Waals surface area contributed by atoms with Gasteiger partial charge in [-0.2, -0.15) is 0 Å². The second-order valence-electron chi connectivity index (χ2n) is 8.63. The van der Waals surface area contributed by atoms with Gasteiger partial charge in [0.05, 0.1) is 23.2 Å². The third-order valence-corrected chi connectivity index (χ3v) is 7.04. The standard InChI is InChI=1S/C29H26N2OS/c1-20(2)24-16-9-17-26-28(24)30-29(33-26)31(19-21-10-4-3-5-11-21)27(32)18-23-14-8-13-22-12-6-7-15-25(22)23/h3-17,20H,18-19H2,1-2H3. The molecule has 0 saturated carbocycles. The van der Waals surface area contributed by atoms with E-state index in [4.69, 9.17) is 4.98 Å². The van der Waals surface area contributed by atoms with Gasteiger partial charge in [0, 0.05) is 0 Å². The zero-order valence-electron chi connectivity index (χ0n) is 18.9. The molecule has 0 fully saturated rings. The zero-order chi connectivity index (χ0) is 22.8. The van der Waals surface area contributed by atoms with Crippen molar-refractivity contribution in [1.82, 2.24) is 4.98 Å². The Balaban J connectivity index is 1.55. The molecule has 1 aromatic heterocycles. The van der Waals surface area contributed by atoms with Gasteiger partial charge in [-0.25, -0.2) is 4.98 Å². The number of hydrogen-bond acceptors (Lipinski definition) is 3. The highest BCUT2D eigenvalue weighted by Crippen LogP contribution is 2.34. The summed E-state index contributed by atoms with van der Waals surface area (Å²) >= 11 is 1.59. The minimum atomic E-state index is 0.0559. The number of benzene rings is 4. The van der Waals surface area contributed by atoms with Crippen LogP contribution in [0.3, 0.4) is 0 Å². The van der Waals surface area contributed by atoms with Crippen LogP contribution in [0.1, 0.15) is 36.5 Å². The van der Waals surface area contributed by atoms with E-state index in [0.717, 1.165) is 37.2 Å². The van der Waals surface area contributed by atoms with Gasteiger partial charge in [0.25, 0.3) is 0 Å². The Hall–Kier alpha value is -3.50. The van der Waals surface area contributed by atoms with Crippen LogP contribution in [0.25, 0.3) is 21.0 Å². The normalized spacial score (nSPS) is 11.4. The maximum absolute atomic E-state index is 13.7. The molecule has 1 amide bonds. The maximum atomic E-state index is 13.7. The highest BCUT2D eigenvalue weighted by Gasteiger charge is 2.22. The van der Waals surface area contributed by atoms with Crippen LogP contribution in [0, 0.1) is 0 Å². The van der Waals surface area contributed by atoms with Crippen LogP contribution < -0.4 is 4.90 Å². The van der Waals surface area contributed by atoms with Crippen LogP contribution in [0.4, 0.5) is 5.13 Å². The third kappa shape index (κ3) is 4.39. The molecule has 5 aromatic rings. The van der Waals surface area contributed by atoms with Crippen LogP contribution in [-0.2, 0) is 17.8 Å². The van der Waals surface area contributed by atoms with Crippen molar-refractivity contribution >= 4 is 43.4 Å². The number of fused-ring (bicyclic) bond motifs is 2. The van der Waals surface area contributed by atoms with Gasteiger partial charge in [-0.15, -0.1) is 0 Å². The van der Waals surface area contributed by atoms with Crippen LogP contribution >= 0.6 is 11.3 Å². The molecule has 0 radical (unpaired) electrons. The van der Waals surface area contributed by atoms with Crippen molar-refractivity contribution in [3.63, 3.8) is 0 Å². The summed E-state index contributed by atoms with van der Waals surface area (Å²) in [6.07, 6.45) is 0.334. The fourth-order valence-electron chi connectivity index (χ4n) is 4.27. The van der Waals surface area contributed by atoms with Crippen molar-refractivity contribution in [2.45, 2.75) is 32.7 Å². The number of carbonyl (C=O) groups excluding carboxylic acids is 1. The molecule has 1 heterocycles. The smallest absolute Gasteiger partial charge is 0.233 e. The van der Waals surface area contributed by atoms with Gasteiger partial charge in [-0.3, -0.25) is 9.69 Å². The van der Waals surface area contributed by atoms with Crippen molar-refractivity contribution in [2.75, 3.05) is 4.90 Å². The summed E-state index contributed by atoms with van der Waals surface area (Å²) in [5.74, 6) is 0.429. The number of carbonyl (C=O) groups is 1. The van der Waals surface area contributed by atoms with E-state index in [9.17, 15) is 4.79 Å². The Kier molecular flexibility index (Phi) is 5.93.